The molecule has 7 heteroatoms. The van der Waals surface area contributed by atoms with E-state index in [1.165, 1.54) is 0 Å². The number of amides is 2. The van der Waals surface area contributed by atoms with Crippen LogP contribution in [0.25, 0.3) is 0 Å². The molecular weight excluding hydrogens is 308 g/mol. The number of fused-ring (bicyclic) bond motifs is 2. The first-order valence-corrected chi connectivity index (χ1v) is 8.48. The molecule has 0 aromatic carbocycles. The van der Waals surface area contributed by atoms with Crippen molar-refractivity contribution in [3.8, 4) is 5.88 Å². The minimum atomic E-state index is -0.00183. The molecule has 1 unspecified atom stereocenters. The van der Waals surface area contributed by atoms with Gasteiger partial charge in [0.2, 0.25) is 11.8 Å². The number of hydrogen-bond acceptors (Lipinski definition) is 5. The number of nitrogens with one attached hydrogen (secondary N) is 2. The molecule has 1 saturated heterocycles. The van der Waals surface area contributed by atoms with E-state index in [1.54, 1.807) is 12.0 Å². The van der Waals surface area contributed by atoms with Crippen molar-refractivity contribution in [3.05, 3.63) is 22.9 Å². The zero-order valence-corrected chi connectivity index (χ0v) is 14.0. The first-order chi connectivity index (χ1) is 11.6. The molecule has 2 N–H and O–H groups in total. The maximum absolute atomic E-state index is 12.3. The fraction of sp³-hybridized carbons (Fsp3) is 0.588. The van der Waals surface area contributed by atoms with Crippen LogP contribution in [0.5, 0.6) is 5.88 Å². The average molecular weight is 330 g/mol. The van der Waals surface area contributed by atoms with E-state index >= 15 is 0 Å². The molecule has 2 amide bonds. The van der Waals surface area contributed by atoms with E-state index in [4.69, 9.17) is 4.74 Å². The monoisotopic (exact) mass is 330 g/mol. The van der Waals surface area contributed by atoms with Crippen molar-refractivity contribution in [1.29, 1.82) is 0 Å². The molecule has 2 aliphatic heterocycles. The predicted octanol–water partition coefficient (Wildman–Crippen LogP) is 0.148. The van der Waals surface area contributed by atoms with Gasteiger partial charge < -0.3 is 20.3 Å². The SMILES string of the molecule is CCN1Cc2nc(OC)c(CNC(=O)C3[C@H]4CNC[C@@H]34)cc2C1=O. The lowest BCUT2D eigenvalue weighted by atomic mass is 10.1. The largest absolute Gasteiger partial charge is 0.481 e. The number of aromatic nitrogens is 1. The number of piperidine rings is 1. The van der Waals surface area contributed by atoms with Gasteiger partial charge in [0.05, 0.1) is 24.9 Å². The molecule has 3 heterocycles. The quantitative estimate of drug-likeness (QED) is 0.803. The van der Waals surface area contributed by atoms with Gasteiger partial charge in [-0.3, -0.25) is 9.59 Å². The van der Waals surface area contributed by atoms with E-state index in [0.717, 1.165) is 24.3 Å². The number of pyridine rings is 1. The van der Waals surface area contributed by atoms with Gasteiger partial charge in [0, 0.05) is 24.6 Å². The molecule has 0 bridgehead atoms. The first kappa shape index (κ1) is 15.4. The summed E-state index contributed by atoms with van der Waals surface area (Å²) >= 11 is 0. The molecular formula is C17H22N4O3. The summed E-state index contributed by atoms with van der Waals surface area (Å²) in [5.74, 6) is 1.69. The Kier molecular flexibility index (Phi) is 3.68. The van der Waals surface area contributed by atoms with Gasteiger partial charge in [0.15, 0.2) is 0 Å². The van der Waals surface area contributed by atoms with Gasteiger partial charge in [-0.05, 0) is 37.9 Å². The topological polar surface area (TPSA) is 83.6 Å². The van der Waals surface area contributed by atoms with E-state index in [-0.39, 0.29) is 17.7 Å². The van der Waals surface area contributed by atoms with Crippen molar-refractivity contribution in [2.45, 2.75) is 20.0 Å². The van der Waals surface area contributed by atoms with E-state index in [0.29, 0.717) is 42.9 Å². The summed E-state index contributed by atoms with van der Waals surface area (Å²) in [5.41, 5.74) is 2.12. The van der Waals surface area contributed by atoms with Crippen molar-refractivity contribution < 1.29 is 14.3 Å². The number of methoxy groups -OCH3 is 1. The maximum Gasteiger partial charge on any atom is 0.256 e. The van der Waals surface area contributed by atoms with Gasteiger partial charge in [-0.1, -0.05) is 0 Å². The van der Waals surface area contributed by atoms with Crippen LogP contribution in [0.15, 0.2) is 6.07 Å². The molecule has 7 nitrogen and oxygen atoms in total. The van der Waals surface area contributed by atoms with Crippen LogP contribution in [-0.4, -0.2) is 48.4 Å². The standard InChI is InChI=1S/C17H22N4O3/c1-3-21-8-13-10(17(21)23)4-9(16(20-13)24-2)5-19-15(22)14-11-6-18-7-12(11)14/h4,11-12,14,18H,3,5-8H2,1-2H3,(H,19,22)/t11-,12+,14?. The van der Waals surface area contributed by atoms with E-state index in [2.05, 4.69) is 15.6 Å². The van der Waals surface area contributed by atoms with Gasteiger partial charge in [0.1, 0.15) is 0 Å². The van der Waals surface area contributed by atoms with Crippen LogP contribution in [0, 0.1) is 17.8 Å². The number of carbonyl (C=O) groups excluding carboxylic acids is 2. The molecule has 4 rings (SSSR count). The van der Waals surface area contributed by atoms with E-state index in [1.807, 2.05) is 13.0 Å². The number of rotatable bonds is 5. The van der Waals surface area contributed by atoms with E-state index in [9.17, 15) is 9.59 Å². The summed E-state index contributed by atoms with van der Waals surface area (Å²) in [7, 11) is 1.56. The molecule has 1 saturated carbocycles. The molecule has 1 aromatic rings. The third kappa shape index (κ3) is 2.34. The Morgan fingerprint density at radius 2 is 2.21 bits per heavy atom. The summed E-state index contributed by atoms with van der Waals surface area (Å²) in [6, 6.07) is 1.81. The van der Waals surface area contributed by atoms with Crippen LogP contribution < -0.4 is 15.4 Å². The van der Waals surface area contributed by atoms with Crippen LogP contribution in [0.4, 0.5) is 0 Å². The minimum Gasteiger partial charge on any atom is -0.481 e. The second kappa shape index (κ2) is 5.73. The van der Waals surface area contributed by atoms with Gasteiger partial charge in [-0.25, -0.2) is 4.98 Å². The minimum absolute atomic E-state index is 0.00183. The number of carbonyl (C=O) groups is 2. The fourth-order valence-corrected chi connectivity index (χ4v) is 3.97. The average Bonchev–Trinajstić information content (AvgIpc) is 2.92. The molecule has 1 aliphatic carbocycles. The molecule has 1 aromatic heterocycles. The Balaban J connectivity index is 1.48. The van der Waals surface area contributed by atoms with Crippen LogP contribution in [0.2, 0.25) is 0 Å². The number of ether oxygens (including phenoxy) is 1. The lowest BCUT2D eigenvalue weighted by Gasteiger charge is -2.11. The molecule has 2 fully saturated rings. The number of nitrogens with zero attached hydrogens (tertiary/aromatic N) is 2. The molecule has 24 heavy (non-hydrogen) atoms. The third-order valence-electron chi connectivity index (χ3n) is 5.42. The highest BCUT2D eigenvalue weighted by atomic mass is 16.5. The third-order valence-corrected chi connectivity index (χ3v) is 5.42. The lowest BCUT2D eigenvalue weighted by Crippen LogP contribution is -2.29. The van der Waals surface area contributed by atoms with Crippen molar-refractivity contribution in [2.75, 3.05) is 26.7 Å². The van der Waals surface area contributed by atoms with Gasteiger partial charge in [-0.15, -0.1) is 0 Å². The summed E-state index contributed by atoms with van der Waals surface area (Å²) < 4.78 is 5.36. The normalized spacial score (nSPS) is 27.0. The Morgan fingerprint density at radius 3 is 2.88 bits per heavy atom. The maximum atomic E-state index is 12.3. The van der Waals surface area contributed by atoms with Crippen LogP contribution in [0.3, 0.4) is 0 Å². The molecule has 0 spiro atoms. The first-order valence-electron chi connectivity index (χ1n) is 8.48. The summed E-state index contributed by atoms with van der Waals surface area (Å²) in [6.45, 7) is 5.34. The highest BCUT2D eigenvalue weighted by Crippen LogP contribution is 2.48. The Bertz CT molecular complexity index is 695. The molecule has 3 atom stereocenters. The highest BCUT2D eigenvalue weighted by molar-refractivity contribution is 5.98. The Labute approximate surface area is 140 Å². The molecule has 0 radical (unpaired) electrons. The van der Waals surface area contributed by atoms with E-state index < -0.39 is 0 Å². The van der Waals surface area contributed by atoms with Crippen LogP contribution >= 0.6 is 0 Å². The zero-order valence-electron chi connectivity index (χ0n) is 14.0. The second-order valence-electron chi connectivity index (χ2n) is 6.70. The molecule has 3 aliphatic rings. The van der Waals surface area contributed by atoms with Gasteiger partial charge >= 0.3 is 0 Å². The fourth-order valence-electron chi connectivity index (χ4n) is 3.97. The van der Waals surface area contributed by atoms with Crippen LogP contribution in [-0.2, 0) is 17.9 Å². The summed E-state index contributed by atoms with van der Waals surface area (Å²) in [4.78, 5) is 30.9. The second-order valence-corrected chi connectivity index (χ2v) is 6.70. The molecule has 128 valence electrons. The lowest BCUT2D eigenvalue weighted by molar-refractivity contribution is -0.123. The van der Waals surface area contributed by atoms with Crippen molar-refractivity contribution in [3.63, 3.8) is 0 Å². The summed E-state index contributed by atoms with van der Waals surface area (Å²) in [5, 5.41) is 6.27. The van der Waals surface area contributed by atoms with Crippen LogP contribution in [0.1, 0.15) is 28.5 Å². The highest BCUT2D eigenvalue weighted by Gasteiger charge is 2.56. The predicted molar refractivity (Wildman–Crippen MR) is 86.4 cm³/mol. The zero-order chi connectivity index (χ0) is 16.8. The Morgan fingerprint density at radius 1 is 1.46 bits per heavy atom. The van der Waals surface area contributed by atoms with Crippen molar-refractivity contribution in [2.24, 2.45) is 17.8 Å². The smallest absolute Gasteiger partial charge is 0.256 e. The van der Waals surface area contributed by atoms with Gasteiger partial charge in [-0.2, -0.15) is 0 Å². The number of hydrogen-bond donors (Lipinski definition) is 2. The van der Waals surface area contributed by atoms with Crippen molar-refractivity contribution in [1.82, 2.24) is 20.5 Å². The summed E-state index contributed by atoms with van der Waals surface area (Å²) in [6.07, 6.45) is 0. The Hall–Kier alpha value is -2.15. The van der Waals surface area contributed by atoms with Gasteiger partial charge in [0.25, 0.3) is 5.91 Å². The van der Waals surface area contributed by atoms with Crippen molar-refractivity contribution >= 4 is 11.8 Å².